The largest absolute Gasteiger partial charge is 0.494 e. The first-order chi connectivity index (χ1) is 12.3. The van der Waals surface area contributed by atoms with E-state index < -0.39 is 0 Å². The van der Waals surface area contributed by atoms with Gasteiger partial charge in [-0.1, -0.05) is 76.8 Å². The summed E-state index contributed by atoms with van der Waals surface area (Å²) >= 11 is 0. The average molecular weight is 338 g/mol. The third-order valence-corrected chi connectivity index (χ3v) is 4.20. The number of hydrogen-bond donors (Lipinski definition) is 0. The van der Waals surface area contributed by atoms with Gasteiger partial charge in [0.25, 0.3) is 0 Å². The van der Waals surface area contributed by atoms with Gasteiger partial charge in [-0.3, -0.25) is 0 Å². The molecule has 0 heterocycles. The molecule has 1 aromatic rings. The van der Waals surface area contributed by atoms with E-state index in [1.807, 2.05) is 36.4 Å². The number of nitriles is 2. The predicted octanol–water partition coefficient (Wildman–Crippen LogP) is 6.42. The maximum absolute atomic E-state index is 8.75. The lowest BCUT2D eigenvalue weighted by Gasteiger charge is -2.06. The van der Waals surface area contributed by atoms with E-state index in [9.17, 15) is 0 Å². The Hall–Kier alpha value is -2.26. The van der Waals surface area contributed by atoms with Crippen molar-refractivity contribution < 1.29 is 4.74 Å². The highest BCUT2D eigenvalue weighted by molar-refractivity contribution is 5.62. The van der Waals surface area contributed by atoms with Gasteiger partial charge >= 0.3 is 0 Å². The van der Waals surface area contributed by atoms with Gasteiger partial charge in [0.2, 0.25) is 0 Å². The lowest BCUT2D eigenvalue weighted by molar-refractivity contribution is 0.304. The van der Waals surface area contributed by atoms with Crippen molar-refractivity contribution in [3.63, 3.8) is 0 Å². The van der Waals surface area contributed by atoms with Crippen LogP contribution in [0.3, 0.4) is 0 Å². The highest BCUT2D eigenvalue weighted by Crippen LogP contribution is 2.15. The lowest BCUT2D eigenvalue weighted by atomic mass is 10.1. The molecule has 1 rings (SSSR count). The van der Waals surface area contributed by atoms with E-state index in [0.29, 0.717) is 0 Å². The maximum Gasteiger partial charge on any atom is 0.130 e. The quantitative estimate of drug-likeness (QED) is 0.308. The van der Waals surface area contributed by atoms with Crippen LogP contribution in [-0.4, -0.2) is 6.61 Å². The van der Waals surface area contributed by atoms with Crippen LogP contribution in [0.2, 0.25) is 0 Å². The standard InChI is InChI=1S/C22H30N2O/c1-2-3-4-5-6-7-8-9-10-11-16-25-22-14-12-20(13-15-22)17-21(18-23)19-24/h12-15,17H,2-11,16H2,1H3. The van der Waals surface area contributed by atoms with Crippen molar-refractivity contribution in [1.29, 1.82) is 10.5 Å². The molecule has 0 bridgehead atoms. The molecule has 0 aliphatic rings. The summed E-state index contributed by atoms with van der Waals surface area (Å²) in [5.41, 5.74) is 0.948. The van der Waals surface area contributed by atoms with Crippen molar-refractivity contribution in [1.82, 2.24) is 0 Å². The molecule has 0 amide bonds. The summed E-state index contributed by atoms with van der Waals surface area (Å²) in [7, 11) is 0. The summed E-state index contributed by atoms with van der Waals surface area (Å²) in [5, 5.41) is 17.5. The van der Waals surface area contributed by atoms with E-state index in [1.54, 1.807) is 6.08 Å². The van der Waals surface area contributed by atoms with Crippen molar-refractivity contribution >= 4 is 6.08 Å². The fraction of sp³-hybridized carbons (Fsp3) is 0.545. The average Bonchev–Trinajstić information content (AvgIpc) is 2.65. The topological polar surface area (TPSA) is 56.8 Å². The highest BCUT2D eigenvalue weighted by Gasteiger charge is 1.97. The van der Waals surface area contributed by atoms with Crippen LogP contribution in [-0.2, 0) is 0 Å². The molecule has 0 spiro atoms. The molecular weight excluding hydrogens is 308 g/mol. The lowest BCUT2D eigenvalue weighted by Crippen LogP contribution is -1.97. The van der Waals surface area contributed by atoms with Crippen LogP contribution in [0.25, 0.3) is 6.08 Å². The van der Waals surface area contributed by atoms with Crippen LogP contribution < -0.4 is 4.74 Å². The van der Waals surface area contributed by atoms with E-state index in [1.165, 1.54) is 57.8 Å². The monoisotopic (exact) mass is 338 g/mol. The molecule has 1 aromatic carbocycles. The number of unbranched alkanes of at least 4 members (excludes halogenated alkanes) is 9. The van der Waals surface area contributed by atoms with Gasteiger partial charge in [-0.25, -0.2) is 0 Å². The Kier molecular flexibility index (Phi) is 11.7. The van der Waals surface area contributed by atoms with Crippen molar-refractivity contribution in [3.05, 3.63) is 35.4 Å². The van der Waals surface area contributed by atoms with Gasteiger partial charge in [-0.15, -0.1) is 0 Å². The molecular formula is C22H30N2O. The smallest absolute Gasteiger partial charge is 0.130 e. The first-order valence-corrected chi connectivity index (χ1v) is 9.55. The molecule has 0 radical (unpaired) electrons. The molecule has 25 heavy (non-hydrogen) atoms. The number of hydrogen-bond acceptors (Lipinski definition) is 3. The van der Waals surface area contributed by atoms with Crippen LogP contribution in [0.5, 0.6) is 5.75 Å². The molecule has 0 aliphatic carbocycles. The van der Waals surface area contributed by atoms with Gasteiger partial charge < -0.3 is 4.74 Å². The number of nitrogens with zero attached hydrogens (tertiary/aromatic N) is 2. The molecule has 0 saturated carbocycles. The van der Waals surface area contributed by atoms with Crippen LogP contribution in [0, 0.1) is 22.7 Å². The Morgan fingerprint density at radius 3 is 1.88 bits per heavy atom. The fourth-order valence-electron chi connectivity index (χ4n) is 2.70. The third kappa shape index (κ3) is 10.3. The number of benzene rings is 1. The molecule has 0 saturated heterocycles. The predicted molar refractivity (Wildman–Crippen MR) is 103 cm³/mol. The van der Waals surface area contributed by atoms with E-state index >= 15 is 0 Å². The first-order valence-electron chi connectivity index (χ1n) is 9.55. The molecule has 0 unspecified atom stereocenters. The summed E-state index contributed by atoms with van der Waals surface area (Å²) in [6.45, 7) is 3.00. The Labute approximate surface area is 152 Å². The van der Waals surface area contributed by atoms with Gasteiger partial charge in [0, 0.05) is 0 Å². The molecule has 0 atom stereocenters. The molecule has 0 aliphatic heterocycles. The minimum Gasteiger partial charge on any atom is -0.494 e. The van der Waals surface area contributed by atoms with Crippen molar-refractivity contribution in [3.8, 4) is 17.9 Å². The SMILES string of the molecule is CCCCCCCCCCCCOc1ccc(C=C(C#N)C#N)cc1. The third-order valence-electron chi connectivity index (χ3n) is 4.20. The molecule has 0 fully saturated rings. The maximum atomic E-state index is 8.75. The van der Waals surface area contributed by atoms with Crippen LogP contribution in [0.15, 0.2) is 29.8 Å². The van der Waals surface area contributed by atoms with Crippen molar-refractivity contribution in [2.24, 2.45) is 0 Å². The van der Waals surface area contributed by atoms with Gasteiger partial charge in [-0.05, 0) is 30.2 Å². The van der Waals surface area contributed by atoms with Gasteiger partial charge in [-0.2, -0.15) is 10.5 Å². The van der Waals surface area contributed by atoms with Crippen LogP contribution in [0.1, 0.15) is 76.7 Å². The Bertz CT molecular complexity index is 560. The van der Waals surface area contributed by atoms with E-state index in [2.05, 4.69) is 6.92 Å². The summed E-state index contributed by atoms with van der Waals surface area (Å²) < 4.78 is 5.74. The number of ether oxygens (including phenoxy) is 1. The first kappa shape index (κ1) is 20.8. The fourth-order valence-corrected chi connectivity index (χ4v) is 2.70. The second kappa shape index (κ2) is 14.1. The Balaban J connectivity index is 2.08. The van der Waals surface area contributed by atoms with E-state index in [0.717, 1.165) is 24.3 Å². The van der Waals surface area contributed by atoms with Crippen LogP contribution >= 0.6 is 0 Å². The van der Waals surface area contributed by atoms with E-state index in [4.69, 9.17) is 15.3 Å². The second-order valence-corrected chi connectivity index (χ2v) is 6.38. The minimum atomic E-state index is 0.110. The molecule has 134 valence electrons. The summed E-state index contributed by atoms with van der Waals surface area (Å²) in [4.78, 5) is 0. The van der Waals surface area contributed by atoms with Crippen molar-refractivity contribution in [2.75, 3.05) is 6.61 Å². The number of rotatable bonds is 13. The van der Waals surface area contributed by atoms with Gasteiger partial charge in [0.1, 0.15) is 23.5 Å². The van der Waals surface area contributed by atoms with Crippen LogP contribution in [0.4, 0.5) is 0 Å². The molecule has 0 N–H and O–H groups in total. The Morgan fingerprint density at radius 1 is 0.840 bits per heavy atom. The van der Waals surface area contributed by atoms with E-state index in [-0.39, 0.29) is 5.57 Å². The summed E-state index contributed by atoms with van der Waals surface area (Å²) in [6, 6.07) is 11.2. The zero-order valence-corrected chi connectivity index (χ0v) is 15.5. The molecule has 0 aromatic heterocycles. The summed E-state index contributed by atoms with van der Waals surface area (Å²) in [5.74, 6) is 0.837. The van der Waals surface area contributed by atoms with Crippen molar-refractivity contribution in [2.45, 2.75) is 71.1 Å². The highest BCUT2D eigenvalue weighted by atomic mass is 16.5. The summed E-state index contributed by atoms with van der Waals surface area (Å²) in [6.07, 6.45) is 14.8. The van der Waals surface area contributed by atoms with Gasteiger partial charge in [0.05, 0.1) is 6.61 Å². The number of allylic oxidation sites excluding steroid dienone is 1. The van der Waals surface area contributed by atoms with Gasteiger partial charge in [0.15, 0.2) is 0 Å². The second-order valence-electron chi connectivity index (χ2n) is 6.38. The zero-order chi connectivity index (χ0) is 18.2. The Morgan fingerprint density at radius 2 is 1.36 bits per heavy atom. The normalized spacial score (nSPS) is 9.88. The zero-order valence-electron chi connectivity index (χ0n) is 15.5. The minimum absolute atomic E-state index is 0.110. The molecule has 3 heteroatoms. The molecule has 3 nitrogen and oxygen atoms in total.